The molecule has 0 N–H and O–H groups in total. The molecule has 1 fully saturated rings. The van der Waals surface area contributed by atoms with Crippen molar-refractivity contribution in [1.82, 2.24) is 0 Å². The number of rotatable bonds is 5. The van der Waals surface area contributed by atoms with E-state index in [0.29, 0.717) is 11.6 Å². The molecule has 1 aliphatic rings. The first-order valence-electron chi connectivity index (χ1n) is 7.62. The van der Waals surface area contributed by atoms with Crippen LogP contribution in [0.5, 0.6) is 0 Å². The summed E-state index contributed by atoms with van der Waals surface area (Å²) >= 11 is 5.85. The number of nitrogens with zero attached hydrogens (tertiary/aromatic N) is 2. The summed E-state index contributed by atoms with van der Waals surface area (Å²) in [5.41, 5.74) is 1.72. The van der Waals surface area contributed by atoms with Crippen LogP contribution in [-0.4, -0.2) is 18.0 Å². The van der Waals surface area contributed by atoms with Gasteiger partial charge in [-0.25, -0.2) is 0 Å². The molecular formula is C16H23ClN2O2. The molecule has 2 rings (SSSR count). The van der Waals surface area contributed by atoms with Crippen molar-refractivity contribution >= 4 is 23.0 Å². The van der Waals surface area contributed by atoms with Crippen LogP contribution in [0.3, 0.4) is 0 Å². The third kappa shape index (κ3) is 3.67. The van der Waals surface area contributed by atoms with Gasteiger partial charge in [0, 0.05) is 30.4 Å². The smallest absolute Gasteiger partial charge is 0.273 e. The van der Waals surface area contributed by atoms with Gasteiger partial charge in [-0.15, -0.1) is 11.6 Å². The molecule has 5 heteroatoms. The Morgan fingerprint density at radius 2 is 2.00 bits per heavy atom. The molecule has 0 bridgehead atoms. The van der Waals surface area contributed by atoms with Crippen LogP contribution in [-0.2, 0) is 5.88 Å². The van der Waals surface area contributed by atoms with Crippen molar-refractivity contribution in [3.05, 3.63) is 33.9 Å². The molecule has 0 unspecified atom stereocenters. The van der Waals surface area contributed by atoms with Crippen LogP contribution in [0.4, 0.5) is 11.4 Å². The highest BCUT2D eigenvalue weighted by molar-refractivity contribution is 6.17. The summed E-state index contributed by atoms with van der Waals surface area (Å²) in [6.45, 7) is 2.26. The maximum Gasteiger partial charge on any atom is 0.273 e. The molecule has 0 amide bonds. The SMILES string of the molecule is CCC1CCC(N(C)c2ccc([N+](=O)[O-])c(CCl)c2)CC1. The molecular weight excluding hydrogens is 288 g/mol. The van der Waals surface area contributed by atoms with Crippen molar-refractivity contribution in [2.24, 2.45) is 5.92 Å². The Morgan fingerprint density at radius 3 is 2.52 bits per heavy atom. The number of nitro benzene ring substituents is 1. The van der Waals surface area contributed by atoms with E-state index in [1.807, 2.05) is 12.1 Å². The van der Waals surface area contributed by atoms with E-state index in [0.717, 1.165) is 11.6 Å². The Labute approximate surface area is 131 Å². The number of nitro groups is 1. The topological polar surface area (TPSA) is 46.4 Å². The fourth-order valence-corrected chi connectivity index (χ4v) is 3.44. The summed E-state index contributed by atoms with van der Waals surface area (Å²) in [5.74, 6) is 1.03. The van der Waals surface area contributed by atoms with E-state index < -0.39 is 0 Å². The van der Waals surface area contributed by atoms with Crippen LogP contribution in [0.2, 0.25) is 0 Å². The van der Waals surface area contributed by atoms with Gasteiger partial charge in [-0.3, -0.25) is 10.1 Å². The minimum Gasteiger partial charge on any atom is -0.372 e. The Kier molecular flexibility index (Phi) is 5.45. The molecule has 21 heavy (non-hydrogen) atoms. The first-order chi connectivity index (χ1) is 10.1. The second kappa shape index (κ2) is 7.12. The minimum absolute atomic E-state index is 0.108. The number of benzene rings is 1. The first-order valence-corrected chi connectivity index (χ1v) is 8.16. The van der Waals surface area contributed by atoms with E-state index in [2.05, 4.69) is 18.9 Å². The summed E-state index contributed by atoms with van der Waals surface area (Å²) in [6.07, 6.45) is 6.22. The molecule has 0 spiro atoms. The van der Waals surface area contributed by atoms with E-state index in [4.69, 9.17) is 11.6 Å². The Hall–Kier alpha value is -1.29. The second-order valence-corrected chi connectivity index (χ2v) is 6.16. The molecule has 4 nitrogen and oxygen atoms in total. The van der Waals surface area contributed by atoms with Gasteiger partial charge in [0.15, 0.2) is 0 Å². The van der Waals surface area contributed by atoms with Crippen molar-refractivity contribution in [1.29, 1.82) is 0 Å². The molecule has 0 aliphatic heterocycles. The molecule has 0 aromatic heterocycles. The lowest BCUT2D eigenvalue weighted by atomic mass is 9.84. The van der Waals surface area contributed by atoms with Crippen LogP contribution in [0, 0.1) is 16.0 Å². The molecule has 1 saturated carbocycles. The van der Waals surface area contributed by atoms with Gasteiger partial charge < -0.3 is 4.90 Å². The Morgan fingerprint density at radius 1 is 1.33 bits per heavy atom. The van der Waals surface area contributed by atoms with Gasteiger partial charge in [0.25, 0.3) is 5.69 Å². The lowest BCUT2D eigenvalue weighted by Crippen LogP contribution is -2.35. The zero-order valence-electron chi connectivity index (χ0n) is 12.7. The second-order valence-electron chi connectivity index (χ2n) is 5.90. The van der Waals surface area contributed by atoms with Gasteiger partial charge in [-0.2, -0.15) is 0 Å². The average Bonchev–Trinajstić information content (AvgIpc) is 2.53. The first kappa shape index (κ1) is 16.1. The number of anilines is 1. The summed E-state index contributed by atoms with van der Waals surface area (Å²) in [4.78, 5) is 12.9. The van der Waals surface area contributed by atoms with Crippen LogP contribution in [0.1, 0.15) is 44.6 Å². The summed E-state index contributed by atoms with van der Waals surface area (Å²) in [7, 11) is 2.08. The van der Waals surface area contributed by atoms with Crippen LogP contribution < -0.4 is 4.90 Å². The highest BCUT2D eigenvalue weighted by Crippen LogP contribution is 2.33. The maximum atomic E-state index is 11.0. The minimum atomic E-state index is -0.367. The number of halogens is 1. The highest BCUT2D eigenvalue weighted by Gasteiger charge is 2.24. The van der Waals surface area contributed by atoms with Crippen molar-refractivity contribution in [3.8, 4) is 0 Å². The van der Waals surface area contributed by atoms with Crippen LogP contribution >= 0.6 is 11.6 Å². The molecule has 0 heterocycles. The standard InChI is InChI=1S/C16H23ClN2O2/c1-3-12-4-6-14(7-5-12)18(2)15-8-9-16(19(20)21)13(10-15)11-17/h8-10,12,14H,3-7,11H2,1-2H3. The van der Waals surface area contributed by atoms with Crippen LogP contribution in [0.15, 0.2) is 18.2 Å². The molecule has 1 aromatic rings. The molecule has 0 radical (unpaired) electrons. The maximum absolute atomic E-state index is 11.0. The third-order valence-corrected chi connectivity index (χ3v) is 5.04. The van der Waals surface area contributed by atoms with Gasteiger partial charge in [0.1, 0.15) is 0 Å². The highest BCUT2D eigenvalue weighted by atomic mass is 35.5. The van der Waals surface area contributed by atoms with E-state index in [1.54, 1.807) is 6.07 Å². The number of hydrogen-bond donors (Lipinski definition) is 0. The Bertz CT molecular complexity index is 499. The molecule has 1 aromatic carbocycles. The summed E-state index contributed by atoms with van der Waals surface area (Å²) in [5, 5.41) is 11.0. The zero-order chi connectivity index (χ0) is 15.4. The van der Waals surface area contributed by atoms with E-state index in [1.165, 1.54) is 32.1 Å². The van der Waals surface area contributed by atoms with Crippen molar-refractivity contribution in [2.45, 2.75) is 50.9 Å². The molecule has 0 saturated heterocycles. The lowest BCUT2D eigenvalue weighted by Gasteiger charge is -2.36. The van der Waals surface area contributed by atoms with Crippen LogP contribution in [0.25, 0.3) is 0 Å². The van der Waals surface area contributed by atoms with Gasteiger partial charge in [0.2, 0.25) is 0 Å². The largest absolute Gasteiger partial charge is 0.372 e. The molecule has 1 aliphatic carbocycles. The van der Waals surface area contributed by atoms with Gasteiger partial charge in [0.05, 0.1) is 10.8 Å². The Balaban J connectivity index is 2.12. The quantitative estimate of drug-likeness (QED) is 0.448. The third-order valence-electron chi connectivity index (χ3n) is 4.75. The number of alkyl halides is 1. The van der Waals surface area contributed by atoms with E-state index in [-0.39, 0.29) is 16.5 Å². The van der Waals surface area contributed by atoms with E-state index >= 15 is 0 Å². The predicted octanol–water partition coefficient (Wildman–Crippen LogP) is 4.74. The van der Waals surface area contributed by atoms with Crippen molar-refractivity contribution < 1.29 is 4.92 Å². The van der Waals surface area contributed by atoms with Crippen molar-refractivity contribution in [2.75, 3.05) is 11.9 Å². The predicted molar refractivity (Wildman–Crippen MR) is 87.1 cm³/mol. The lowest BCUT2D eigenvalue weighted by molar-refractivity contribution is -0.385. The fraction of sp³-hybridized carbons (Fsp3) is 0.625. The monoisotopic (exact) mass is 310 g/mol. The summed E-state index contributed by atoms with van der Waals surface area (Å²) in [6, 6.07) is 5.79. The summed E-state index contributed by atoms with van der Waals surface area (Å²) < 4.78 is 0. The van der Waals surface area contributed by atoms with Gasteiger partial charge in [-0.1, -0.05) is 13.3 Å². The van der Waals surface area contributed by atoms with E-state index in [9.17, 15) is 10.1 Å². The number of hydrogen-bond acceptors (Lipinski definition) is 3. The van der Waals surface area contributed by atoms with Gasteiger partial charge in [-0.05, 0) is 43.7 Å². The normalized spacial score (nSPS) is 22.0. The fourth-order valence-electron chi connectivity index (χ4n) is 3.23. The average molecular weight is 311 g/mol. The molecule has 0 atom stereocenters. The molecule has 116 valence electrons. The zero-order valence-corrected chi connectivity index (χ0v) is 13.5. The van der Waals surface area contributed by atoms with Crippen molar-refractivity contribution in [3.63, 3.8) is 0 Å². The van der Waals surface area contributed by atoms with Gasteiger partial charge >= 0.3 is 0 Å².